The zero-order chi connectivity index (χ0) is 20.9. The van der Waals surface area contributed by atoms with E-state index in [0.29, 0.717) is 17.8 Å². The minimum absolute atomic E-state index is 0.0890. The molecule has 2 atom stereocenters. The van der Waals surface area contributed by atoms with Crippen LogP contribution in [0.25, 0.3) is 0 Å². The SMILES string of the molecule is C[C@@H](Nc1ccccc1C(=O)NC[C@@H]1CCCO1)C(=O)Nc1ccc2c(c1)CCC2. The van der Waals surface area contributed by atoms with Gasteiger partial charge in [0.05, 0.1) is 11.7 Å². The predicted molar refractivity (Wildman–Crippen MR) is 118 cm³/mol. The Bertz CT molecular complexity index is 922. The number of anilines is 2. The van der Waals surface area contributed by atoms with Gasteiger partial charge in [0.1, 0.15) is 6.04 Å². The molecule has 3 N–H and O–H groups in total. The van der Waals surface area contributed by atoms with Crippen molar-refractivity contribution in [3.05, 3.63) is 59.2 Å². The number of ether oxygens (including phenoxy) is 1. The predicted octanol–water partition coefficient (Wildman–Crippen LogP) is 3.52. The van der Waals surface area contributed by atoms with E-state index >= 15 is 0 Å². The van der Waals surface area contributed by atoms with Crippen LogP contribution in [-0.2, 0) is 22.4 Å². The maximum atomic E-state index is 12.7. The summed E-state index contributed by atoms with van der Waals surface area (Å²) in [5, 5.41) is 9.11. The van der Waals surface area contributed by atoms with Crippen LogP contribution < -0.4 is 16.0 Å². The summed E-state index contributed by atoms with van der Waals surface area (Å²) in [6.45, 7) is 3.06. The molecule has 158 valence electrons. The van der Waals surface area contributed by atoms with Gasteiger partial charge in [0.25, 0.3) is 5.91 Å². The third kappa shape index (κ3) is 4.82. The van der Waals surface area contributed by atoms with Crippen LogP contribution in [0.2, 0.25) is 0 Å². The van der Waals surface area contributed by atoms with E-state index < -0.39 is 6.04 Å². The fraction of sp³-hybridized carbons (Fsp3) is 0.417. The van der Waals surface area contributed by atoms with Crippen LogP contribution in [0.15, 0.2) is 42.5 Å². The van der Waals surface area contributed by atoms with E-state index in [1.54, 1.807) is 13.0 Å². The highest BCUT2D eigenvalue weighted by atomic mass is 16.5. The number of rotatable bonds is 7. The first-order valence-corrected chi connectivity index (χ1v) is 10.8. The van der Waals surface area contributed by atoms with Crippen molar-refractivity contribution >= 4 is 23.2 Å². The summed E-state index contributed by atoms with van der Waals surface area (Å²) in [6.07, 6.45) is 5.46. The molecule has 1 heterocycles. The highest BCUT2D eigenvalue weighted by molar-refractivity contribution is 6.01. The molecule has 0 aromatic heterocycles. The first kappa shape index (κ1) is 20.4. The molecule has 1 saturated heterocycles. The van der Waals surface area contributed by atoms with Gasteiger partial charge in [-0.1, -0.05) is 18.2 Å². The minimum Gasteiger partial charge on any atom is -0.376 e. The van der Waals surface area contributed by atoms with Crippen LogP contribution in [0.1, 0.15) is 47.7 Å². The molecule has 1 aliphatic heterocycles. The van der Waals surface area contributed by atoms with Crippen molar-refractivity contribution in [2.45, 2.75) is 51.2 Å². The zero-order valence-electron chi connectivity index (χ0n) is 17.4. The fourth-order valence-corrected chi connectivity index (χ4v) is 4.11. The Morgan fingerprint density at radius 2 is 1.93 bits per heavy atom. The lowest BCUT2D eigenvalue weighted by atomic mass is 10.1. The molecule has 30 heavy (non-hydrogen) atoms. The van der Waals surface area contributed by atoms with Crippen molar-refractivity contribution in [2.75, 3.05) is 23.8 Å². The molecule has 0 unspecified atom stereocenters. The number of nitrogens with one attached hydrogen (secondary N) is 3. The molecule has 6 nitrogen and oxygen atoms in total. The number of aryl methyl sites for hydroxylation is 2. The Morgan fingerprint density at radius 1 is 1.10 bits per heavy atom. The van der Waals surface area contributed by atoms with Crippen LogP contribution in [-0.4, -0.2) is 37.1 Å². The van der Waals surface area contributed by atoms with Crippen molar-refractivity contribution in [3.63, 3.8) is 0 Å². The fourth-order valence-electron chi connectivity index (χ4n) is 4.11. The molecule has 0 radical (unpaired) electrons. The van der Waals surface area contributed by atoms with E-state index in [-0.39, 0.29) is 17.9 Å². The maximum Gasteiger partial charge on any atom is 0.253 e. The molecule has 2 amide bonds. The third-order valence-corrected chi connectivity index (χ3v) is 5.82. The number of hydrogen-bond donors (Lipinski definition) is 3. The number of fused-ring (bicyclic) bond motifs is 1. The number of benzene rings is 2. The minimum atomic E-state index is -0.495. The van der Waals surface area contributed by atoms with Crippen LogP contribution in [0.5, 0.6) is 0 Å². The number of amides is 2. The van der Waals surface area contributed by atoms with Gasteiger partial charge >= 0.3 is 0 Å². The topological polar surface area (TPSA) is 79.5 Å². The molecular weight excluding hydrogens is 378 g/mol. The van der Waals surface area contributed by atoms with Crippen molar-refractivity contribution in [2.24, 2.45) is 0 Å². The van der Waals surface area contributed by atoms with Gasteiger partial charge in [0.2, 0.25) is 5.91 Å². The molecule has 2 aromatic carbocycles. The Kier molecular flexibility index (Phi) is 6.33. The summed E-state index contributed by atoms with van der Waals surface area (Å²) < 4.78 is 5.57. The number of carbonyl (C=O) groups excluding carboxylic acids is 2. The Labute approximate surface area is 177 Å². The third-order valence-electron chi connectivity index (χ3n) is 5.82. The van der Waals surface area contributed by atoms with Gasteiger partial charge in [-0.25, -0.2) is 0 Å². The Hall–Kier alpha value is -2.86. The summed E-state index contributed by atoms with van der Waals surface area (Å²) in [7, 11) is 0. The number of carbonyl (C=O) groups is 2. The molecule has 2 aromatic rings. The standard InChI is InChI=1S/C24H29N3O3/c1-16(23(28)27-19-12-11-17-6-4-7-18(17)14-19)26-22-10-3-2-9-21(22)24(29)25-15-20-8-5-13-30-20/h2-3,9-12,14,16,20,26H,4-8,13,15H2,1H3,(H,25,29)(H,27,28)/t16-,20+/m1/s1. The van der Waals surface area contributed by atoms with Gasteiger partial charge in [0.15, 0.2) is 0 Å². The van der Waals surface area contributed by atoms with Crippen LogP contribution in [0, 0.1) is 0 Å². The van der Waals surface area contributed by atoms with Crippen molar-refractivity contribution in [1.82, 2.24) is 5.32 Å². The molecule has 1 aliphatic carbocycles. The maximum absolute atomic E-state index is 12.7. The highest BCUT2D eigenvalue weighted by Gasteiger charge is 2.20. The van der Waals surface area contributed by atoms with E-state index in [4.69, 9.17) is 4.74 Å². The molecule has 0 saturated carbocycles. The van der Waals surface area contributed by atoms with Crippen molar-refractivity contribution in [3.8, 4) is 0 Å². The van der Waals surface area contributed by atoms with E-state index in [1.165, 1.54) is 17.5 Å². The average molecular weight is 408 g/mol. The monoisotopic (exact) mass is 407 g/mol. The van der Waals surface area contributed by atoms with Crippen molar-refractivity contribution < 1.29 is 14.3 Å². The lowest BCUT2D eigenvalue weighted by Crippen LogP contribution is -2.34. The van der Waals surface area contributed by atoms with Gasteiger partial charge in [0, 0.05) is 24.5 Å². The summed E-state index contributed by atoms with van der Waals surface area (Å²) in [5.41, 5.74) is 4.67. The van der Waals surface area contributed by atoms with E-state index in [0.717, 1.165) is 38.0 Å². The van der Waals surface area contributed by atoms with Gasteiger partial charge in [-0.3, -0.25) is 9.59 Å². The second kappa shape index (κ2) is 9.30. The molecular formula is C24H29N3O3. The van der Waals surface area contributed by atoms with Gasteiger partial charge in [-0.05, 0) is 74.4 Å². The lowest BCUT2D eigenvalue weighted by molar-refractivity contribution is -0.116. The number of para-hydroxylation sites is 1. The quantitative estimate of drug-likeness (QED) is 0.656. The smallest absolute Gasteiger partial charge is 0.253 e. The second-order valence-electron chi connectivity index (χ2n) is 8.08. The lowest BCUT2D eigenvalue weighted by Gasteiger charge is -2.18. The van der Waals surface area contributed by atoms with E-state index in [9.17, 15) is 9.59 Å². The molecule has 0 bridgehead atoms. The van der Waals surface area contributed by atoms with Crippen LogP contribution in [0.3, 0.4) is 0 Å². The summed E-state index contributed by atoms with van der Waals surface area (Å²) in [4.78, 5) is 25.4. The van der Waals surface area contributed by atoms with Crippen molar-refractivity contribution in [1.29, 1.82) is 0 Å². The largest absolute Gasteiger partial charge is 0.376 e. The molecule has 6 heteroatoms. The van der Waals surface area contributed by atoms with Gasteiger partial charge < -0.3 is 20.7 Å². The normalized spacial score (nSPS) is 18.5. The first-order valence-electron chi connectivity index (χ1n) is 10.8. The van der Waals surface area contributed by atoms with Crippen LogP contribution >= 0.6 is 0 Å². The summed E-state index contributed by atoms with van der Waals surface area (Å²) in [6, 6.07) is 12.9. The van der Waals surface area contributed by atoms with Gasteiger partial charge in [-0.2, -0.15) is 0 Å². The zero-order valence-corrected chi connectivity index (χ0v) is 17.4. The van der Waals surface area contributed by atoms with E-state index in [1.807, 2.05) is 24.3 Å². The molecule has 2 aliphatic rings. The Morgan fingerprint density at radius 3 is 2.77 bits per heavy atom. The molecule has 0 spiro atoms. The highest BCUT2D eigenvalue weighted by Crippen LogP contribution is 2.25. The molecule has 1 fully saturated rings. The van der Waals surface area contributed by atoms with Gasteiger partial charge in [-0.15, -0.1) is 0 Å². The second-order valence-corrected chi connectivity index (χ2v) is 8.08. The summed E-state index contributed by atoms with van der Waals surface area (Å²) in [5.74, 6) is -0.303. The molecule has 4 rings (SSSR count). The first-order chi connectivity index (χ1) is 14.6. The van der Waals surface area contributed by atoms with Crippen LogP contribution in [0.4, 0.5) is 11.4 Å². The number of hydrogen-bond acceptors (Lipinski definition) is 4. The van der Waals surface area contributed by atoms with E-state index in [2.05, 4.69) is 28.1 Å². The average Bonchev–Trinajstić information content (AvgIpc) is 3.44. The Balaban J connectivity index is 1.37. The summed E-state index contributed by atoms with van der Waals surface area (Å²) >= 11 is 0.